The number of furan rings is 1. The van der Waals surface area contributed by atoms with E-state index in [1.54, 1.807) is 11.3 Å². The lowest BCUT2D eigenvalue weighted by atomic mass is 9.95. The van der Waals surface area contributed by atoms with Gasteiger partial charge in [-0.3, -0.25) is 0 Å². The van der Waals surface area contributed by atoms with Crippen molar-refractivity contribution in [3.63, 3.8) is 0 Å². The van der Waals surface area contributed by atoms with E-state index in [-0.39, 0.29) is 0 Å². The number of hydrogen-bond donors (Lipinski definition) is 0. The minimum absolute atomic E-state index is 0.563. The summed E-state index contributed by atoms with van der Waals surface area (Å²) in [5.41, 5.74) is 11.4. The molecule has 60 heavy (non-hydrogen) atoms. The second-order valence-corrected chi connectivity index (χ2v) is 16.1. The molecule has 0 aliphatic carbocycles. The Hall–Kier alpha value is -7.73. The third-order valence-corrected chi connectivity index (χ3v) is 12.8. The van der Waals surface area contributed by atoms with Crippen molar-refractivity contribution in [3.8, 4) is 67.5 Å². The van der Waals surface area contributed by atoms with Crippen LogP contribution in [-0.4, -0.2) is 15.0 Å². The van der Waals surface area contributed by atoms with Gasteiger partial charge in [0.2, 0.25) is 0 Å². The van der Waals surface area contributed by atoms with Gasteiger partial charge in [-0.1, -0.05) is 176 Å². The van der Waals surface area contributed by atoms with E-state index in [1.165, 1.54) is 48.9 Å². The van der Waals surface area contributed by atoms with Crippen molar-refractivity contribution < 1.29 is 4.42 Å². The summed E-state index contributed by atoms with van der Waals surface area (Å²) >= 11 is 1.80. The van der Waals surface area contributed by atoms with Gasteiger partial charge in [0, 0.05) is 47.5 Å². The highest BCUT2D eigenvalue weighted by molar-refractivity contribution is 7.26. The fourth-order valence-corrected chi connectivity index (χ4v) is 10.1. The molecular formula is C55H33N3OS. The van der Waals surface area contributed by atoms with E-state index in [1.807, 2.05) is 18.2 Å². The molecule has 0 atom stereocenters. The van der Waals surface area contributed by atoms with Crippen molar-refractivity contribution in [2.24, 2.45) is 0 Å². The number of benzene rings is 9. The Morgan fingerprint density at radius 1 is 0.283 bits per heavy atom. The molecule has 12 aromatic rings. The molecule has 0 fully saturated rings. The Morgan fingerprint density at radius 2 is 0.767 bits per heavy atom. The topological polar surface area (TPSA) is 51.8 Å². The van der Waals surface area contributed by atoms with E-state index in [0.29, 0.717) is 17.5 Å². The van der Waals surface area contributed by atoms with E-state index in [4.69, 9.17) is 19.4 Å². The van der Waals surface area contributed by atoms with Crippen molar-refractivity contribution in [2.75, 3.05) is 0 Å². The number of fused-ring (bicyclic) bond motifs is 8. The summed E-state index contributed by atoms with van der Waals surface area (Å²) in [6.45, 7) is 0. The molecule has 5 heteroatoms. The van der Waals surface area contributed by atoms with E-state index < -0.39 is 0 Å². The van der Waals surface area contributed by atoms with Gasteiger partial charge in [0.1, 0.15) is 11.2 Å². The average molecular weight is 784 g/mol. The van der Waals surface area contributed by atoms with Gasteiger partial charge in [-0.15, -0.1) is 11.3 Å². The standard InChI is InChI=1S/C55H33N3OS/c1-4-16-34(17-5-1)37-22-12-23-38(32-37)39-26-13-28-43-44-29-15-31-46(52(44)60-51(39)43)55-57-53(36-20-8-3-9-21-36)56-54(58-55)45-30-14-27-42-48-33-47(35-18-6-2-7-19-35)40-24-10-11-25-41(40)50(48)59-49(42)45/h1-33H. The van der Waals surface area contributed by atoms with Crippen LogP contribution in [0.4, 0.5) is 0 Å². The first-order valence-electron chi connectivity index (χ1n) is 20.1. The lowest BCUT2D eigenvalue weighted by Crippen LogP contribution is -2.00. The fraction of sp³-hybridized carbons (Fsp3) is 0. The average Bonchev–Trinajstić information content (AvgIpc) is 3.91. The molecule has 0 spiro atoms. The zero-order valence-electron chi connectivity index (χ0n) is 32.2. The van der Waals surface area contributed by atoms with Crippen LogP contribution in [0.2, 0.25) is 0 Å². The third kappa shape index (κ3) is 5.63. The Kier molecular flexibility index (Phi) is 8.00. The number of thiophene rings is 1. The number of para-hydroxylation sites is 1. The van der Waals surface area contributed by atoms with Crippen LogP contribution < -0.4 is 0 Å². The smallest absolute Gasteiger partial charge is 0.167 e. The van der Waals surface area contributed by atoms with Crippen LogP contribution in [0.3, 0.4) is 0 Å². The van der Waals surface area contributed by atoms with Crippen molar-refractivity contribution in [2.45, 2.75) is 0 Å². The summed E-state index contributed by atoms with van der Waals surface area (Å²) in [5.74, 6) is 1.79. The molecule has 3 aromatic heterocycles. The molecule has 9 aromatic carbocycles. The molecule has 280 valence electrons. The second kappa shape index (κ2) is 14.0. The van der Waals surface area contributed by atoms with Gasteiger partial charge in [-0.25, -0.2) is 15.0 Å². The van der Waals surface area contributed by atoms with Gasteiger partial charge in [0.05, 0.1) is 5.56 Å². The molecule has 0 saturated heterocycles. The van der Waals surface area contributed by atoms with Crippen molar-refractivity contribution in [1.82, 2.24) is 15.0 Å². The maximum atomic E-state index is 6.94. The predicted octanol–water partition coefficient (Wildman–Crippen LogP) is 15.3. The molecule has 0 aliphatic rings. The summed E-state index contributed by atoms with van der Waals surface area (Å²) in [6.07, 6.45) is 0. The Labute approximate surface area is 349 Å². The van der Waals surface area contributed by atoms with Crippen molar-refractivity contribution in [1.29, 1.82) is 0 Å². The molecule has 0 bridgehead atoms. The Bertz CT molecular complexity index is 3590. The maximum absolute atomic E-state index is 6.94. The molecule has 3 heterocycles. The van der Waals surface area contributed by atoms with Gasteiger partial charge >= 0.3 is 0 Å². The van der Waals surface area contributed by atoms with E-state index in [0.717, 1.165) is 54.1 Å². The number of nitrogens with zero attached hydrogens (tertiary/aromatic N) is 3. The lowest BCUT2D eigenvalue weighted by Gasteiger charge is -2.09. The maximum Gasteiger partial charge on any atom is 0.167 e. The summed E-state index contributed by atoms with van der Waals surface area (Å²) in [5, 5.41) is 6.68. The van der Waals surface area contributed by atoms with Gasteiger partial charge in [-0.2, -0.15) is 0 Å². The molecule has 0 saturated carbocycles. The number of rotatable bonds is 6. The zero-order chi connectivity index (χ0) is 39.6. The molecule has 4 nitrogen and oxygen atoms in total. The summed E-state index contributed by atoms with van der Waals surface area (Å²) in [7, 11) is 0. The van der Waals surface area contributed by atoms with Crippen LogP contribution in [0.1, 0.15) is 0 Å². The molecule has 0 unspecified atom stereocenters. The summed E-state index contributed by atoms with van der Waals surface area (Å²) < 4.78 is 9.31. The zero-order valence-corrected chi connectivity index (χ0v) is 33.0. The predicted molar refractivity (Wildman–Crippen MR) is 250 cm³/mol. The minimum atomic E-state index is 0.563. The first-order valence-corrected chi connectivity index (χ1v) is 20.9. The fourth-order valence-electron chi connectivity index (χ4n) is 8.71. The van der Waals surface area contributed by atoms with Crippen LogP contribution in [0.15, 0.2) is 205 Å². The van der Waals surface area contributed by atoms with E-state index >= 15 is 0 Å². The summed E-state index contributed by atoms with van der Waals surface area (Å²) in [6, 6.07) is 70.3. The van der Waals surface area contributed by atoms with Crippen LogP contribution >= 0.6 is 11.3 Å². The Balaban J connectivity index is 1.06. The highest BCUT2D eigenvalue weighted by Crippen LogP contribution is 2.45. The molecule has 0 amide bonds. The Morgan fingerprint density at radius 3 is 1.50 bits per heavy atom. The van der Waals surface area contributed by atoms with E-state index in [2.05, 4.69) is 182 Å². The number of aromatic nitrogens is 3. The lowest BCUT2D eigenvalue weighted by molar-refractivity contribution is 0.673. The van der Waals surface area contributed by atoms with Crippen molar-refractivity contribution in [3.05, 3.63) is 200 Å². The van der Waals surface area contributed by atoms with Crippen LogP contribution in [0.25, 0.3) is 120 Å². The quantitative estimate of drug-likeness (QED) is 0.169. The minimum Gasteiger partial charge on any atom is -0.455 e. The van der Waals surface area contributed by atoms with Crippen LogP contribution in [0, 0.1) is 0 Å². The molecule has 0 N–H and O–H groups in total. The highest BCUT2D eigenvalue weighted by Gasteiger charge is 2.22. The third-order valence-electron chi connectivity index (χ3n) is 11.5. The molecule has 0 aliphatic heterocycles. The normalized spacial score (nSPS) is 11.7. The van der Waals surface area contributed by atoms with Gasteiger partial charge in [0.25, 0.3) is 0 Å². The van der Waals surface area contributed by atoms with Gasteiger partial charge in [-0.05, 0) is 63.0 Å². The highest BCUT2D eigenvalue weighted by atomic mass is 32.1. The monoisotopic (exact) mass is 783 g/mol. The molecular weight excluding hydrogens is 751 g/mol. The van der Waals surface area contributed by atoms with Crippen LogP contribution in [0.5, 0.6) is 0 Å². The van der Waals surface area contributed by atoms with Gasteiger partial charge < -0.3 is 4.42 Å². The molecule has 12 rings (SSSR count). The first kappa shape index (κ1) is 34.3. The molecule has 0 radical (unpaired) electrons. The van der Waals surface area contributed by atoms with Crippen LogP contribution in [-0.2, 0) is 0 Å². The van der Waals surface area contributed by atoms with Gasteiger partial charge in [0.15, 0.2) is 17.5 Å². The number of hydrogen-bond acceptors (Lipinski definition) is 5. The first-order chi connectivity index (χ1) is 29.7. The summed E-state index contributed by atoms with van der Waals surface area (Å²) in [4.78, 5) is 15.7. The second-order valence-electron chi connectivity index (χ2n) is 15.1. The van der Waals surface area contributed by atoms with Crippen molar-refractivity contribution >= 4 is 64.2 Å². The SMILES string of the molecule is c1ccc(-c2cccc(-c3cccc4c3sc3c(-c5nc(-c6ccccc6)nc(-c6cccc7c6oc6c8ccccc8c(-c8ccccc8)cc76)n5)cccc34)c2)cc1. The van der Waals surface area contributed by atoms with E-state index in [9.17, 15) is 0 Å². The largest absolute Gasteiger partial charge is 0.455 e.